The largest absolute Gasteiger partial charge is 0.472 e. The van der Waals surface area contributed by atoms with Gasteiger partial charge in [-0.1, -0.05) is 247 Å². The Morgan fingerprint density at radius 2 is 0.775 bits per heavy atom. The molecule has 0 spiro atoms. The molecule has 2 unspecified atom stereocenters. The minimum atomic E-state index is -4.39. The van der Waals surface area contributed by atoms with Crippen LogP contribution in [-0.2, 0) is 32.7 Å². The average molecular weight is 1020 g/mol. The maximum Gasteiger partial charge on any atom is 0.472 e. The molecule has 0 radical (unpaired) electrons. The van der Waals surface area contributed by atoms with E-state index in [-0.39, 0.29) is 32.6 Å². The summed E-state index contributed by atoms with van der Waals surface area (Å²) >= 11 is 0. The van der Waals surface area contributed by atoms with Gasteiger partial charge < -0.3 is 20.1 Å². The molecule has 9 nitrogen and oxygen atoms in total. The Morgan fingerprint density at radius 3 is 1.15 bits per heavy atom. The van der Waals surface area contributed by atoms with Crippen LogP contribution in [0.1, 0.15) is 271 Å². The zero-order valence-electron chi connectivity index (χ0n) is 45.9. The zero-order valence-corrected chi connectivity index (χ0v) is 46.8. The van der Waals surface area contributed by atoms with Crippen molar-refractivity contribution in [2.45, 2.75) is 277 Å². The molecule has 0 aromatic heterocycles. The van der Waals surface area contributed by atoms with Crippen LogP contribution in [0.2, 0.25) is 0 Å². The summed E-state index contributed by atoms with van der Waals surface area (Å²) in [5.74, 6) is -0.836. The fourth-order valence-electron chi connectivity index (χ4n) is 8.25. The number of rotatable bonds is 55. The minimum Gasteiger partial charge on any atom is -0.462 e. The maximum absolute atomic E-state index is 12.7. The Bertz CT molecular complexity index is 1390. The Balaban J connectivity index is 3.84. The molecule has 10 heteroatoms. The topological polar surface area (TPSA) is 134 Å². The summed E-state index contributed by atoms with van der Waals surface area (Å²) < 4.78 is 33.0. The minimum absolute atomic E-state index is 0.0508. The summed E-state index contributed by atoms with van der Waals surface area (Å²) in [6.45, 7) is 3.61. The third-order valence-electron chi connectivity index (χ3n) is 12.6. The fraction of sp³-hybridized carbons (Fsp3) is 0.770. The van der Waals surface area contributed by atoms with Crippen molar-refractivity contribution in [2.24, 2.45) is 5.73 Å². The van der Waals surface area contributed by atoms with Gasteiger partial charge in [-0.2, -0.15) is 0 Å². The Hall–Kier alpha value is -2.55. The second-order valence-electron chi connectivity index (χ2n) is 19.5. The maximum atomic E-state index is 12.7. The van der Waals surface area contributed by atoms with Gasteiger partial charge in [0, 0.05) is 19.4 Å². The van der Waals surface area contributed by atoms with Crippen molar-refractivity contribution >= 4 is 19.8 Å². The standard InChI is InChI=1S/C61H110NO8P/c1-3-5-7-9-11-13-15-17-19-20-21-22-23-24-25-26-27-28-29-30-31-32-33-34-35-36-37-38-40-42-44-46-48-50-52-54-61(64)70-59(58-69-71(65,66)68-56-55-62)57-67-60(63)53-51-49-47-45-43-41-39-18-16-14-12-10-8-6-4-2/h5,7,11-14,17-19,21-22,39,59H,3-4,6,8-10,15-16,20,23-38,40-58,62H2,1-2H3,(H,65,66)/b7-5-,13-11-,14-12-,19-17-,22-21-,39-18-. The summed E-state index contributed by atoms with van der Waals surface area (Å²) in [4.78, 5) is 35.1. The van der Waals surface area contributed by atoms with Gasteiger partial charge in [-0.05, 0) is 83.5 Å². The molecule has 0 aromatic carbocycles. The van der Waals surface area contributed by atoms with Crippen LogP contribution in [0.5, 0.6) is 0 Å². The fourth-order valence-corrected chi connectivity index (χ4v) is 9.01. The van der Waals surface area contributed by atoms with E-state index in [1.165, 1.54) is 148 Å². The van der Waals surface area contributed by atoms with Gasteiger partial charge in [0.15, 0.2) is 6.10 Å². The first-order valence-electron chi connectivity index (χ1n) is 29.4. The third kappa shape index (κ3) is 56.6. The van der Waals surface area contributed by atoms with Crippen molar-refractivity contribution in [3.05, 3.63) is 72.9 Å². The second-order valence-corrected chi connectivity index (χ2v) is 20.9. The number of allylic oxidation sites excluding steroid dienone is 12. The molecule has 0 saturated carbocycles. The lowest BCUT2D eigenvalue weighted by Crippen LogP contribution is -2.29. The van der Waals surface area contributed by atoms with Gasteiger partial charge >= 0.3 is 19.8 Å². The van der Waals surface area contributed by atoms with Gasteiger partial charge in [-0.15, -0.1) is 0 Å². The molecule has 3 N–H and O–H groups in total. The monoisotopic (exact) mass is 1020 g/mol. The lowest BCUT2D eigenvalue weighted by Gasteiger charge is -2.19. The molecule has 2 atom stereocenters. The van der Waals surface area contributed by atoms with Crippen molar-refractivity contribution in [1.29, 1.82) is 0 Å². The van der Waals surface area contributed by atoms with E-state index in [1.54, 1.807) is 0 Å². The van der Waals surface area contributed by atoms with E-state index in [0.29, 0.717) is 12.8 Å². The normalized spacial score (nSPS) is 13.6. The molecule has 0 aliphatic carbocycles. The van der Waals surface area contributed by atoms with Crippen molar-refractivity contribution < 1.29 is 37.6 Å². The van der Waals surface area contributed by atoms with Crippen molar-refractivity contribution in [1.82, 2.24) is 0 Å². The molecular weight excluding hydrogens is 906 g/mol. The molecular formula is C61H110NO8P. The number of esters is 2. The first kappa shape index (κ1) is 68.5. The van der Waals surface area contributed by atoms with Crippen LogP contribution in [0, 0.1) is 0 Å². The predicted octanol–water partition coefficient (Wildman–Crippen LogP) is 18.5. The van der Waals surface area contributed by atoms with Gasteiger partial charge in [-0.25, -0.2) is 4.57 Å². The summed E-state index contributed by atoms with van der Waals surface area (Å²) in [5, 5.41) is 0. The van der Waals surface area contributed by atoms with Gasteiger partial charge in [0.1, 0.15) is 6.61 Å². The quantitative estimate of drug-likeness (QED) is 0.0264. The van der Waals surface area contributed by atoms with Gasteiger partial charge in [0.2, 0.25) is 0 Å². The van der Waals surface area contributed by atoms with E-state index in [9.17, 15) is 19.0 Å². The Morgan fingerprint density at radius 1 is 0.437 bits per heavy atom. The number of carbonyl (C=O) groups is 2. The molecule has 0 aliphatic heterocycles. The average Bonchev–Trinajstić information content (AvgIpc) is 3.36. The highest BCUT2D eigenvalue weighted by atomic mass is 31.2. The number of nitrogens with two attached hydrogens (primary N) is 1. The lowest BCUT2D eigenvalue weighted by atomic mass is 10.0. The van der Waals surface area contributed by atoms with Crippen LogP contribution in [0.25, 0.3) is 0 Å². The Labute approximate surface area is 437 Å². The highest BCUT2D eigenvalue weighted by molar-refractivity contribution is 7.47. The van der Waals surface area contributed by atoms with Crippen LogP contribution >= 0.6 is 7.82 Å². The second kappa shape index (κ2) is 56.7. The molecule has 412 valence electrons. The van der Waals surface area contributed by atoms with Crippen LogP contribution in [0.15, 0.2) is 72.9 Å². The number of phosphoric ester groups is 1. The van der Waals surface area contributed by atoms with Crippen LogP contribution in [0.4, 0.5) is 0 Å². The molecule has 0 bridgehead atoms. The third-order valence-corrected chi connectivity index (χ3v) is 13.6. The van der Waals surface area contributed by atoms with E-state index in [4.69, 9.17) is 24.3 Å². The molecule has 0 fully saturated rings. The number of ether oxygens (including phenoxy) is 2. The van der Waals surface area contributed by atoms with E-state index in [0.717, 1.165) is 83.5 Å². The van der Waals surface area contributed by atoms with E-state index >= 15 is 0 Å². The zero-order chi connectivity index (χ0) is 51.7. The number of hydrogen-bond donors (Lipinski definition) is 2. The number of phosphoric acid groups is 1. The Kier molecular flexibility index (Phi) is 54.7. The van der Waals surface area contributed by atoms with Crippen molar-refractivity contribution in [2.75, 3.05) is 26.4 Å². The van der Waals surface area contributed by atoms with Gasteiger partial charge in [-0.3, -0.25) is 18.6 Å². The highest BCUT2D eigenvalue weighted by Crippen LogP contribution is 2.43. The van der Waals surface area contributed by atoms with E-state index in [2.05, 4.69) is 86.8 Å². The van der Waals surface area contributed by atoms with Crippen LogP contribution < -0.4 is 5.73 Å². The molecule has 71 heavy (non-hydrogen) atoms. The number of carbonyl (C=O) groups excluding carboxylic acids is 2. The van der Waals surface area contributed by atoms with Gasteiger partial charge in [0.25, 0.3) is 0 Å². The molecule has 0 heterocycles. The SMILES string of the molecule is CC/C=C\C/C=C\C/C=C\C/C=C\CCCCCCCCCCCCCCCCCCCCCCCCC(=O)OC(COC(=O)CCCCCCC/C=C\C/C=C\CCCCC)COP(=O)(O)OCCN. The van der Waals surface area contributed by atoms with Crippen LogP contribution in [-0.4, -0.2) is 49.3 Å². The predicted molar refractivity (Wildman–Crippen MR) is 302 cm³/mol. The molecule has 0 aliphatic rings. The lowest BCUT2D eigenvalue weighted by molar-refractivity contribution is -0.161. The smallest absolute Gasteiger partial charge is 0.462 e. The highest BCUT2D eigenvalue weighted by Gasteiger charge is 2.26. The molecule has 0 saturated heterocycles. The van der Waals surface area contributed by atoms with E-state index < -0.39 is 32.5 Å². The summed E-state index contributed by atoms with van der Waals surface area (Å²) in [7, 11) is -4.39. The summed E-state index contributed by atoms with van der Waals surface area (Å²) in [6, 6.07) is 0. The van der Waals surface area contributed by atoms with Crippen molar-refractivity contribution in [3.63, 3.8) is 0 Å². The summed E-state index contributed by atoms with van der Waals surface area (Å²) in [6.07, 6.45) is 72.6. The van der Waals surface area contributed by atoms with E-state index in [1.807, 2.05) is 0 Å². The molecule has 0 rings (SSSR count). The first-order valence-corrected chi connectivity index (χ1v) is 30.9. The summed E-state index contributed by atoms with van der Waals surface area (Å²) in [5.41, 5.74) is 5.38. The first-order chi connectivity index (χ1) is 34.8. The molecule has 0 amide bonds. The number of hydrogen-bond acceptors (Lipinski definition) is 8. The van der Waals surface area contributed by atoms with Gasteiger partial charge in [0.05, 0.1) is 13.2 Å². The van der Waals surface area contributed by atoms with Crippen molar-refractivity contribution in [3.8, 4) is 0 Å². The number of unbranched alkanes of at least 4 members (excludes halogenated alkanes) is 30. The molecule has 0 aromatic rings. The van der Waals surface area contributed by atoms with Crippen LogP contribution in [0.3, 0.4) is 0 Å².